The normalized spacial score (nSPS) is 19.9. The van der Waals surface area contributed by atoms with E-state index in [0.717, 1.165) is 41.9 Å². The number of para-hydroxylation sites is 1. The molecule has 0 spiro atoms. The van der Waals surface area contributed by atoms with Crippen molar-refractivity contribution < 1.29 is 9.53 Å². The van der Waals surface area contributed by atoms with Crippen LogP contribution >= 0.6 is 33.9 Å². The number of thiazole rings is 1. The van der Waals surface area contributed by atoms with Gasteiger partial charge in [-0.2, -0.15) is 0 Å². The first-order chi connectivity index (χ1) is 14.1. The minimum atomic E-state index is 0.139. The fourth-order valence-electron chi connectivity index (χ4n) is 3.75. The van der Waals surface area contributed by atoms with Crippen LogP contribution in [-0.4, -0.2) is 38.8 Å². The van der Waals surface area contributed by atoms with E-state index in [-0.39, 0.29) is 5.91 Å². The maximum atomic E-state index is 11.6. The Kier molecular flexibility index (Phi) is 6.67. The number of nitrogens with zero attached hydrogens (tertiary/aromatic N) is 2. The highest BCUT2D eigenvalue weighted by Crippen LogP contribution is 2.31. The molecular formula is C22H24IN3O2S. The Hall–Kier alpha value is -1.71. The van der Waals surface area contributed by atoms with E-state index in [1.807, 2.05) is 30.3 Å². The van der Waals surface area contributed by atoms with Gasteiger partial charge in [0, 0.05) is 25.2 Å². The quantitative estimate of drug-likeness (QED) is 0.367. The maximum Gasteiger partial charge on any atom is 0.279 e. The molecule has 0 radical (unpaired) electrons. The molecule has 1 amide bonds. The number of rotatable bonds is 6. The SMILES string of the molecule is CC1C[C@H](NC(=O)CI)CCN1Cc1ccc(Oc2nc3ccccc3s2)cc1. The van der Waals surface area contributed by atoms with Crippen LogP contribution in [0.3, 0.4) is 0 Å². The molecule has 1 unspecified atom stereocenters. The van der Waals surface area contributed by atoms with E-state index in [1.165, 1.54) is 5.56 Å². The number of carbonyl (C=O) groups excluding carboxylic acids is 1. The number of amides is 1. The predicted octanol–water partition coefficient (Wildman–Crippen LogP) is 4.99. The number of alkyl halides is 1. The molecule has 1 aromatic heterocycles. The fraction of sp³-hybridized carbons (Fsp3) is 0.364. The van der Waals surface area contributed by atoms with Crippen LogP contribution < -0.4 is 10.1 Å². The molecule has 29 heavy (non-hydrogen) atoms. The first-order valence-electron chi connectivity index (χ1n) is 9.82. The summed E-state index contributed by atoms with van der Waals surface area (Å²) in [6, 6.07) is 17.1. The van der Waals surface area contributed by atoms with Crippen molar-refractivity contribution in [1.82, 2.24) is 15.2 Å². The number of ether oxygens (including phenoxy) is 1. The lowest BCUT2D eigenvalue weighted by molar-refractivity contribution is -0.119. The smallest absolute Gasteiger partial charge is 0.279 e. The van der Waals surface area contributed by atoms with E-state index in [2.05, 4.69) is 62.9 Å². The summed E-state index contributed by atoms with van der Waals surface area (Å²) in [5.74, 6) is 0.945. The molecule has 152 valence electrons. The summed E-state index contributed by atoms with van der Waals surface area (Å²) >= 11 is 3.67. The van der Waals surface area contributed by atoms with Gasteiger partial charge < -0.3 is 10.1 Å². The molecular weight excluding hydrogens is 497 g/mol. The van der Waals surface area contributed by atoms with Crippen molar-refractivity contribution >= 4 is 50.1 Å². The van der Waals surface area contributed by atoms with Crippen molar-refractivity contribution in [3.05, 3.63) is 54.1 Å². The van der Waals surface area contributed by atoms with Crippen molar-refractivity contribution in [2.24, 2.45) is 0 Å². The van der Waals surface area contributed by atoms with Crippen LogP contribution in [0.5, 0.6) is 10.9 Å². The molecule has 1 aliphatic heterocycles. The monoisotopic (exact) mass is 521 g/mol. The number of hydrogen-bond donors (Lipinski definition) is 1. The lowest BCUT2D eigenvalue weighted by atomic mass is 9.97. The highest BCUT2D eigenvalue weighted by molar-refractivity contribution is 14.1. The number of aromatic nitrogens is 1. The molecule has 1 fully saturated rings. The summed E-state index contributed by atoms with van der Waals surface area (Å²) in [5, 5.41) is 3.80. The van der Waals surface area contributed by atoms with Crippen LogP contribution in [0.2, 0.25) is 0 Å². The van der Waals surface area contributed by atoms with Gasteiger partial charge in [0.1, 0.15) is 5.75 Å². The van der Waals surface area contributed by atoms with Crippen molar-refractivity contribution in [2.75, 3.05) is 11.0 Å². The molecule has 3 aromatic rings. The third kappa shape index (κ3) is 5.26. The van der Waals surface area contributed by atoms with E-state index in [9.17, 15) is 4.79 Å². The minimum absolute atomic E-state index is 0.139. The molecule has 2 atom stereocenters. The Bertz CT molecular complexity index is 943. The van der Waals surface area contributed by atoms with Crippen molar-refractivity contribution in [3.63, 3.8) is 0 Å². The second-order valence-corrected chi connectivity index (χ2v) is 9.19. The first kappa shape index (κ1) is 20.6. The Balaban J connectivity index is 1.33. The molecule has 1 N–H and O–H groups in total. The average Bonchev–Trinajstić information content (AvgIpc) is 3.13. The molecule has 2 aromatic carbocycles. The molecule has 7 heteroatoms. The summed E-state index contributed by atoms with van der Waals surface area (Å²) in [6.07, 6.45) is 2.01. The molecule has 0 bridgehead atoms. The number of halogens is 1. The molecule has 0 aliphatic carbocycles. The Morgan fingerprint density at radius 2 is 2.07 bits per heavy atom. The summed E-state index contributed by atoms with van der Waals surface area (Å²) in [6.45, 7) is 4.15. The van der Waals surface area contributed by atoms with Crippen molar-refractivity contribution in [3.8, 4) is 10.9 Å². The highest BCUT2D eigenvalue weighted by atomic mass is 127. The zero-order chi connectivity index (χ0) is 20.2. The number of benzene rings is 2. The second kappa shape index (κ2) is 9.40. The summed E-state index contributed by atoms with van der Waals surface area (Å²) in [4.78, 5) is 18.6. The van der Waals surface area contributed by atoms with Crippen LogP contribution in [0.25, 0.3) is 10.2 Å². The average molecular weight is 521 g/mol. The lowest BCUT2D eigenvalue weighted by Crippen LogP contribution is -2.48. The fourth-order valence-corrected chi connectivity index (χ4v) is 4.80. The van der Waals surface area contributed by atoms with E-state index in [4.69, 9.17) is 4.74 Å². The van der Waals surface area contributed by atoms with Crippen LogP contribution in [0.15, 0.2) is 48.5 Å². The zero-order valence-electron chi connectivity index (χ0n) is 16.3. The van der Waals surface area contributed by atoms with Crippen molar-refractivity contribution in [2.45, 2.75) is 38.4 Å². The van der Waals surface area contributed by atoms with Gasteiger partial charge >= 0.3 is 0 Å². The number of likely N-dealkylation sites (tertiary alicyclic amines) is 1. The van der Waals surface area contributed by atoms with Gasteiger partial charge in [-0.3, -0.25) is 9.69 Å². The maximum absolute atomic E-state index is 11.6. The first-order valence-corrected chi connectivity index (χ1v) is 12.2. The molecule has 5 nitrogen and oxygen atoms in total. The highest BCUT2D eigenvalue weighted by Gasteiger charge is 2.26. The van der Waals surface area contributed by atoms with Crippen LogP contribution in [0, 0.1) is 0 Å². The number of hydrogen-bond acceptors (Lipinski definition) is 5. The number of piperidine rings is 1. The molecule has 0 saturated carbocycles. The zero-order valence-corrected chi connectivity index (χ0v) is 19.3. The number of carbonyl (C=O) groups is 1. The standard InChI is InChI=1S/C22H24IN3O2S/c1-15-12-17(24-21(27)13-23)10-11-26(15)14-16-6-8-18(9-7-16)28-22-25-19-4-2-3-5-20(19)29-22/h2-9,15,17H,10-14H2,1H3,(H,24,27)/t15?,17-/m1/s1. The largest absolute Gasteiger partial charge is 0.431 e. The van der Waals surface area contributed by atoms with Gasteiger partial charge in [0.2, 0.25) is 5.91 Å². The van der Waals surface area contributed by atoms with Crippen LogP contribution in [0.1, 0.15) is 25.3 Å². The Morgan fingerprint density at radius 1 is 1.28 bits per heavy atom. The summed E-state index contributed by atoms with van der Waals surface area (Å²) in [5.41, 5.74) is 2.24. The number of fused-ring (bicyclic) bond motifs is 1. The Morgan fingerprint density at radius 3 is 2.79 bits per heavy atom. The minimum Gasteiger partial charge on any atom is -0.431 e. The molecule has 1 aliphatic rings. The Labute approximate surface area is 188 Å². The molecule has 4 rings (SSSR count). The lowest BCUT2D eigenvalue weighted by Gasteiger charge is -2.38. The van der Waals surface area contributed by atoms with Gasteiger partial charge in [0.15, 0.2) is 0 Å². The summed E-state index contributed by atoms with van der Waals surface area (Å²) < 4.78 is 7.60. The van der Waals surface area contributed by atoms with Crippen LogP contribution in [0.4, 0.5) is 0 Å². The van der Waals surface area contributed by atoms with Gasteiger partial charge in [0.25, 0.3) is 5.19 Å². The topological polar surface area (TPSA) is 54.5 Å². The van der Waals surface area contributed by atoms with Crippen molar-refractivity contribution in [1.29, 1.82) is 0 Å². The van der Waals surface area contributed by atoms with E-state index in [0.29, 0.717) is 21.7 Å². The van der Waals surface area contributed by atoms with E-state index < -0.39 is 0 Å². The summed E-state index contributed by atoms with van der Waals surface area (Å²) in [7, 11) is 0. The van der Waals surface area contributed by atoms with Gasteiger partial charge in [-0.15, -0.1) is 0 Å². The molecule has 1 saturated heterocycles. The predicted molar refractivity (Wildman–Crippen MR) is 126 cm³/mol. The van der Waals surface area contributed by atoms with Gasteiger partial charge in [-0.1, -0.05) is 58.2 Å². The number of nitrogens with one attached hydrogen (secondary N) is 1. The second-order valence-electron chi connectivity index (χ2n) is 7.44. The third-order valence-electron chi connectivity index (χ3n) is 5.29. The van der Waals surface area contributed by atoms with E-state index in [1.54, 1.807) is 11.3 Å². The van der Waals surface area contributed by atoms with E-state index >= 15 is 0 Å². The van der Waals surface area contributed by atoms with Gasteiger partial charge in [-0.25, -0.2) is 4.98 Å². The third-order valence-corrected chi connectivity index (χ3v) is 6.90. The molecule has 2 heterocycles. The van der Waals surface area contributed by atoms with Gasteiger partial charge in [-0.05, 0) is 49.6 Å². The van der Waals surface area contributed by atoms with Gasteiger partial charge in [0.05, 0.1) is 14.6 Å². The van der Waals surface area contributed by atoms with Crippen LogP contribution in [-0.2, 0) is 11.3 Å².